The summed E-state index contributed by atoms with van der Waals surface area (Å²) in [4.78, 5) is 25.2. The van der Waals surface area contributed by atoms with Crippen molar-refractivity contribution in [1.82, 2.24) is 19.4 Å². The molecule has 0 aliphatic rings. The third-order valence-corrected chi connectivity index (χ3v) is 6.15. The zero-order valence-corrected chi connectivity index (χ0v) is 17.3. The summed E-state index contributed by atoms with van der Waals surface area (Å²) in [5, 5.41) is 4.60. The minimum atomic E-state index is -3.84. The molecule has 0 bridgehead atoms. The summed E-state index contributed by atoms with van der Waals surface area (Å²) in [5.41, 5.74) is 1.89. The van der Waals surface area contributed by atoms with E-state index in [0.717, 1.165) is 10.7 Å². The molecule has 0 atom stereocenters. The number of nitrogens with zero attached hydrogens (tertiary/aromatic N) is 4. The molecule has 4 aromatic rings. The van der Waals surface area contributed by atoms with E-state index in [4.69, 9.17) is 0 Å². The summed E-state index contributed by atoms with van der Waals surface area (Å²) >= 11 is 1.50. The fraction of sp³-hybridized carbons (Fsp3) is 0.0526. The first-order valence-electron chi connectivity index (χ1n) is 8.73. The van der Waals surface area contributed by atoms with Crippen LogP contribution in [0, 0.1) is 6.92 Å². The number of hydrogen-bond donors (Lipinski definition) is 2. The SMILES string of the molecule is Cc1ccnc(NS(=O)(=O)c2ccc(NC(=O)/C=C/c3cnc4sccn34)cc2)n1. The number of nitrogens with one attached hydrogen (secondary N) is 2. The van der Waals surface area contributed by atoms with E-state index in [1.54, 1.807) is 25.3 Å². The van der Waals surface area contributed by atoms with Crippen molar-refractivity contribution in [3.8, 4) is 0 Å². The number of hydrogen-bond acceptors (Lipinski definition) is 7. The molecule has 0 aliphatic carbocycles. The van der Waals surface area contributed by atoms with Gasteiger partial charge in [-0.1, -0.05) is 0 Å². The largest absolute Gasteiger partial charge is 0.323 e. The van der Waals surface area contributed by atoms with Crippen molar-refractivity contribution in [1.29, 1.82) is 0 Å². The van der Waals surface area contributed by atoms with Crippen molar-refractivity contribution >= 4 is 49.9 Å². The van der Waals surface area contributed by atoms with Crippen LogP contribution < -0.4 is 10.0 Å². The van der Waals surface area contributed by atoms with E-state index in [-0.39, 0.29) is 16.8 Å². The Balaban J connectivity index is 1.42. The summed E-state index contributed by atoms with van der Waals surface area (Å²) in [6, 6.07) is 7.47. The summed E-state index contributed by atoms with van der Waals surface area (Å²) in [6.07, 6.45) is 8.08. The molecule has 0 spiro atoms. The Morgan fingerprint density at radius 2 is 1.97 bits per heavy atom. The minimum Gasteiger partial charge on any atom is -0.323 e. The molecule has 0 radical (unpaired) electrons. The Labute approximate surface area is 176 Å². The van der Waals surface area contributed by atoms with Crippen LogP contribution in [0.25, 0.3) is 11.0 Å². The molecule has 30 heavy (non-hydrogen) atoms. The molecular weight excluding hydrogens is 424 g/mol. The number of aromatic nitrogens is 4. The van der Waals surface area contributed by atoms with Crippen molar-refractivity contribution < 1.29 is 13.2 Å². The highest BCUT2D eigenvalue weighted by Crippen LogP contribution is 2.17. The zero-order valence-electron chi connectivity index (χ0n) is 15.7. The average molecular weight is 441 g/mol. The third kappa shape index (κ3) is 4.36. The molecule has 1 aromatic carbocycles. The molecule has 1 amide bonds. The topological polar surface area (TPSA) is 118 Å². The number of rotatable bonds is 6. The number of amides is 1. The minimum absolute atomic E-state index is 0.00267. The Kier molecular flexibility index (Phi) is 5.29. The van der Waals surface area contributed by atoms with Gasteiger partial charge in [0.1, 0.15) is 0 Å². The van der Waals surface area contributed by atoms with E-state index in [1.165, 1.54) is 47.9 Å². The van der Waals surface area contributed by atoms with Gasteiger partial charge in [0.05, 0.1) is 16.8 Å². The van der Waals surface area contributed by atoms with E-state index in [1.807, 2.05) is 16.0 Å². The Morgan fingerprint density at radius 3 is 2.73 bits per heavy atom. The number of anilines is 2. The van der Waals surface area contributed by atoms with Crippen molar-refractivity contribution in [3.63, 3.8) is 0 Å². The first-order chi connectivity index (χ1) is 14.4. The molecule has 152 valence electrons. The highest BCUT2D eigenvalue weighted by molar-refractivity contribution is 7.92. The van der Waals surface area contributed by atoms with E-state index in [0.29, 0.717) is 11.4 Å². The fourth-order valence-corrected chi connectivity index (χ4v) is 4.26. The lowest BCUT2D eigenvalue weighted by Crippen LogP contribution is -2.15. The molecule has 0 saturated carbocycles. The molecule has 4 rings (SSSR count). The van der Waals surface area contributed by atoms with Crippen LogP contribution in [0.2, 0.25) is 0 Å². The Hall–Kier alpha value is -3.57. The number of imidazole rings is 1. The third-order valence-electron chi connectivity index (χ3n) is 4.03. The first kappa shape index (κ1) is 19.7. The van der Waals surface area contributed by atoms with Crippen LogP contribution in [-0.4, -0.2) is 33.7 Å². The quantitative estimate of drug-likeness (QED) is 0.445. The predicted octanol–water partition coefficient (Wildman–Crippen LogP) is 2.95. The van der Waals surface area contributed by atoms with Gasteiger partial charge in [0.25, 0.3) is 10.0 Å². The van der Waals surface area contributed by atoms with Gasteiger partial charge in [0.15, 0.2) is 4.96 Å². The molecule has 3 heterocycles. The van der Waals surface area contributed by atoms with Gasteiger partial charge in [-0.25, -0.2) is 28.1 Å². The molecule has 0 unspecified atom stereocenters. The second kappa shape index (κ2) is 8.05. The smallest absolute Gasteiger partial charge is 0.264 e. The van der Waals surface area contributed by atoms with Crippen LogP contribution in [0.5, 0.6) is 0 Å². The van der Waals surface area contributed by atoms with Crippen molar-refractivity contribution in [3.05, 3.63) is 71.8 Å². The second-order valence-corrected chi connectivity index (χ2v) is 8.77. The Morgan fingerprint density at radius 1 is 1.17 bits per heavy atom. The van der Waals surface area contributed by atoms with Gasteiger partial charge in [0.2, 0.25) is 11.9 Å². The lowest BCUT2D eigenvalue weighted by molar-refractivity contribution is -0.111. The van der Waals surface area contributed by atoms with Crippen molar-refractivity contribution in [2.24, 2.45) is 0 Å². The van der Waals surface area contributed by atoms with Crippen LogP contribution in [0.3, 0.4) is 0 Å². The van der Waals surface area contributed by atoms with Crippen molar-refractivity contribution in [2.45, 2.75) is 11.8 Å². The van der Waals surface area contributed by atoms with Crippen LogP contribution in [-0.2, 0) is 14.8 Å². The molecule has 3 aromatic heterocycles. The maximum atomic E-state index is 12.5. The number of benzene rings is 1. The van der Waals surface area contributed by atoms with Gasteiger partial charge in [-0.3, -0.25) is 9.20 Å². The molecule has 0 aliphatic heterocycles. The summed E-state index contributed by atoms with van der Waals surface area (Å²) in [5.74, 6) is -0.348. The maximum absolute atomic E-state index is 12.5. The number of sulfonamides is 1. The van der Waals surface area contributed by atoms with Gasteiger partial charge in [-0.2, -0.15) is 0 Å². The summed E-state index contributed by atoms with van der Waals surface area (Å²) in [7, 11) is -3.84. The highest BCUT2D eigenvalue weighted by Gasteiger charge is 2.15. The molecule has 11 heteroatoms. The molecule has 2 N–H and O–H groups in total. The molecule has 0 fully saturated rings. The number of thiazole rings is 1. The normalized spacial score (nSPS) is 11.8. The van der Waals surface area contributed by atoms with Gasteiger partial charge in [0, 0.05) is 35.2 Å². The highest BCUT2D eigenvalue weighted by atomic mass is 32.2. The maximum Gasteiger partial charge on any atom is 0.264 e. The Bertz CT molecular complexity index is 1340. The van der Waals surface area contributed by atoms with E-state index < -0.39 is 10.0 Å². The lowest BCUT2D eigenvalue weighted by Gasteiger charge is -2.08. The van der Waals surface area contributed by atoms with Crippen molar-refractivity contribution in [2.75, 3.05) is 10.0 Å². The first-order valence-corrected chi connectivity index (χ1v) is 11.1. The number of fused-ring (bicyclic) bond motifs is 1. The molecular formula is C19H16N6O3S2. The van der Waals surface area contributed by atoms with Gasteiger partial charge >= 0.3 is 0 Å². The zero-order chi connectivity index (χ0) is 21.1. The monoisotopic (exact) mass is 440 g/mol. The average Bonchev–Trinajstić information content (AvgIpc) is 3.31. The van der Waals surface area contributed by atoms with Gasteiger partial charge in [-0.05, 0) is 43.3 Å². The summed E-state index contributed by atoms with van der Waals surface area (Å²) in [6.45, 7) is 1.74. The number of carbonyl (C=O) groups is 1. The number of carbonyl (C=O) groups excluding carboxylic acids is 1. The standard InChI is InChI=1S/C19H16N6O3S2/c1-13-8-9-20-18(22-13)24-30(27,28)16-5-2-14(3-6-16)23-17(26)7-4-15-12-21-19-25(15)10-11-29-19/h2-12H,1H3,(H,23,26)(H,20,22,24)/b7-4+. The second-order valence-electron chi connectivity index (χ2n) is 6.21. The lowest BCUT2D eigenvalue weighted by atomic mass is 10.3. The van der Waals surface area contributed by atoms with Crippen LogP contribution in [0.4, 0.5) is 11.6 Å². The van der Waals surface area contributed by atoms with E-state index >= 15 is 0 Å². The van der Waals surface area contributed by atoms with Crippen LogP contribution >= 0.6 is 11.3 Å². The number of aryl methyl sites for hydroxylation is 1. The van der Waals surface area contributed by atoms with E-state index in [2.05, 4.69) is 25.0 Å². The van der Waals surface area contributed by atoms with Crippen LogP contribution in [0.15, 0.2) is 65.3 Å². The predicted molar refractivity (Wildman–Crippen MR) is 115 cm³/mol. The van der Waals surface area contributed by atoms with Crippen LogP contribution in [0.1, 0.15) is 11.4 Å². The fourth-order valence-electron chi connectivity index (χ4n) is 2.61. The van der Waals surface area contributed by atoms with E-state index in [9.17, 15) is 13.2 Å². The molecule has 0 saturated heterocycles. The van der Waals surface area contributed by atoms with Gasteiger partial charge in [-0.15, -0.1) is 11.3 Å². The van der Waals surface area contributed by atoms with Gasteiger partial charge < -0.3 is 5.32 Å². The molecule has 9 nitrogen and oxygen atoms in total. The summed E-state index contributed by atoms with van der Waals surface area (Å²) < 4.78 is 29.1.